The molecule has 1 N–H and O–H groups in total. The summed E-state index contributed by atoms with van der Waals surface area (Å²) in [5, 5.41) is 9.96. The van der Waals surface area contributed by atoms with E-state index in [1.54, 1.807) is 71.9 Å². The first-order chi connectivity index (χ1) is 16.0. The maximum atomic E-state index is 13.0. The normalized spacial score (nSPS) is 11.4. The second kappa shape index (κ2) is 11.6. The molecule has 0 aliphatic heterocycles. The third-order valence-corrected chi connectivity index (χ3v) is 4.60. The number of aromatic nitrogens is 1. The fourth-order valence-electron chi connectivity index (χ4n) is 3.39. The third-order valence-electron chi connectivity index (χ3n) is 4.60. The van der Waals surface area contributed by atoms with Gasteiger partial charge in [0.25, 0.3) is 0 Å². The minimum absolute atomic E-state index is 0.0314. The molecule has 1 heterocycles. The molecular formula is C26H31NO7. The molecule has 8 heteroatoms. The highest BCUT2D eigenvalue weighted by Crippen LogP contribution is 2.35. The molecule has 0 aliphatic rings. The van der Waals surface area contributed by atoms with Crippen molar-refractivity contribution in [2.75, 3.05) is 13.2 Å². The molecule has 1 aromatic heterocycles. The molecule has 0 radical (unpaired) electrons. The van der Waals surface area contributed by atoms with E-state index in [0.29, 0.717) is 11.1 Å². The monoisotopic (exact) mass is 469 g/mol. The number of aliphatic hydroxyl groups is 1. The van der Waals surface area contributed by atoms with Gasteiger partial charge in [0.1, 0.15) is 5.60 Å². The SMILES string of the molecule is CCOC(=O)c1c(C)nc(CO)c(C(=O)OCC)c1-c1ccccc1/C=C/C(=O)OC(C)(C)C. The third kappa shape index (κ3) is 6.51. The van der Waals surface area contributed by atoms with Crippen molar-refractivity contribution in [1.29, 1.82) is 0 Å². The second-order valence-corrected chi connectivity index (χ2v) is 8.32. The summed E-state index contributed by atoms with van der Waals surface area (Å²) in [5.41, 5.74) is 0.982. The van der Waals surface area contributed by atoms with Crippen LogP contribution < -0.4 is 0 Å². The van der Waals surface area contributed by atoms with Gasteiger partial charge in [0.05, 0.1) is 42.3 Å². The maximum absolute atomic E-state index is 13.0. The zero-order valence-electron chi connectivity index (χ0n) is 20.4. The Morgan fingerprint density at radius 2 is 1.59 bits per heavy atom. The molecule has 0 saturated carbocycles. The van der Waals surface area contributed by atoms with Crippen LogP contribution in [0.2, 0.25) is 0 Å². The van der Waals surface area contributed by atoms with Gasteiger partial charge in [-0.2, -0.15) is 0 Å². The van der Waals surface area contributed by atoms with Crippen LogP contribution in [0.5, 0.6) is 0 Å². The summed E-state index contributed by atoms with van der Waals surface area (Å²) in [7, 11) is 0. The van der Waals surface area contributed by atoms with E-state index in [-0.39, 0.29) is 41.3 Å². The Balaban J connectivity index is 2.84. The van der Waals surface area contributed by atoms with Crippen LogP contribution in [0.4, 0.5) is 0 Å². The Hall–Kier alpha value is -3.52. The minimum atomic E-state index is -0.731. The quantitative estimate of drug-likeness (QED) is 0.347. The Kier molecular flexibility index (Phi) is 9.09. The van der Waals surface area contributed by atoms with Crippen LogP contribution in [-0.2, 0) is 25.6 Å². The van der Waals surface area contributed by atoms with Gasteiger partial charge in [0.15, 0.2) is 0 Å². The van der Waals surface area contributed by atoms with Gasteiger partial charge in [-0.1, -0.05) is 24.3 Å². The van der Waals surface area contributed by atoms with E-state index in [9.17, 15) is 19.5 Å². The highest BCUT2D eigenvalue weighted by atomic mass is 16.6. The molecule has 0 bridgehead atoms. The average molecular weight is 470 g/mol. The molecular weight excluding hydrogens is 438 g/mol. The predicted octanol–water partition coefficient (Wildman–Crippen LogP) is 4.26. The zero-order chi connectivity index (χ0) is 25.5. The Bertz CT molecular complexity index is 1100. The molecule has 2 aromatic rings. The number of benzene rings is 1. The molecule has 2 rings (SSSR count). The lowest BCUT2D eigenvalue weighted by Gasteiger charge is -2.20. The first-order valence-corrected chi connectivity index (χ1v) is 11.0. The van der Waals surface area contributed by atoms with Gasteiger partial charge in [0, 0.05) is 11.6 Å². The molecule has 0 fully saturated rings. The summed E-state index contributed by atoms with van der Waals surface area (Å²) in [5.74, 6) is -1.94. The first kappa shape index (κ1) is 26.7. The van der Waals surface area contributed by atoms with Crippen LogP contribution in [0, 0.1) is 6.92 Å². The first-order valence-electron chi connectivity index (χ1n) is 11.0. The van der Waals surface area contributed by atoms with Crippen LogP contribution in [-0.4, -0.2) is 46.8 Å². The standard InChI is InChI=1S/C26H31NO7/c1-7-32-24(30)21-16(3)27-19(15-28)23(25(31)33-8-2)22(21)18-12-10-9-11-17(18)13-14-20(29)34-26(4,5)6/h9-14,28H,7-8,15H2,1-6H3/b14-13+. The van der Waals surface area contributed by atoms with Crippen molar-refractivity contribution >= 4 is 24.0 Å². The lowest BCUT2D eigenvalue weighted by molar-refractivity contribution is -0.148. The van der Waals surface area contributed by atoms with E-state index in [1.165, 1.54) is 6.08 Å². The molecule has 0 saturated heterocycles. The summed E-state index contributed by atoms with van der Waals surface area (Å²) >= 11 is 0. The largest absolute Gasteiger partial charge is 0.462 e. The summed E-state index contributed by atoms with van der Waals surface area (Å²) in [6, 6.07) is 6.93. The van der Waals surface area contributed by atoms with E-state index >= 15 is 0 Å². The number of hydrogen-bond acceptors (Lipinski definition) is 8. The van der Waals surface area contributed by atoms with E-state index in [4.69, 9.17) is 14.2 Å². The average Bonchev–Trinajstić information content (AvgIpc) is 2.76. The zero-order valence-corrected chi connectivity index (χ0v) is 20.4. The number of pyridine rings is 1. The number of esters is 3. The molecule has 182 valence electrons. The number of rotatable bonds is 8. The molecule has 0 amide bonds. The molecule has 0 unspecified atom stereocenters. The van der Waals surface area contributed by atoms with E-state index in [1.807, 2.05) is 0 Å². The van der Waals surface area contributed by atoms with E-state index < -0.39 is 30.1 Å². The summed E-state index contributed by atoms with van der Waals surface area (Å²) in [6.07, 6.45) is 2.82. The van der Waals surface area contributed by atoms with Gasteiger partial charge < -0.3 is 19.3 Å². The van der Waals surface area contributed by atoms with Crippen molar-refractivity contribution in [1.82, 2.24) is 4.98 Å². The number of carbonyl (C=O) groups is 3. The Morgan fingerprint density at radius 1 is 1.00 bits per heavy atom. The summed E-state index contributed by atoms with van der Waals surface area (Å²) in [4.78, 5) is 42.5. The van der Waals surface area contributed by atoms with Crippen molar-refractivity contribution in [2.45, 2.75) is 53.8 Å². The molecule has 0 atom stereocenters. The van der Waals surface area contributed by atoms with Gasteiger partial charge in [-0.3, -0.25) is 4.98 Å². The number of nitrogens with zero attached hydrogens (tertiary/aromatic N) is 1. The van der Waals surface area contributed by atoms with Crippen LogP contribution in [0.3, 0.4) is 0 Å². The topological polar surface area (TPSA) is 112 Å². The van der Waals surface area contributed by atoms with Crippen molar-refractivity contribution < 1.29 is 33.7 Å². The highest BCUT2D eigenvalue weighted by molar-refractivity contribution is 6.08. The molecule has 1 aromatic carbocycles. The van der Waals surface area contributed by atoms with Crippen molar-refractivity contribution in [3.05, 3.63) is 58.4 Å². The van der Waals surface area contributed by atoms with Gasteiger partial charge in [-0.25, -0.2) is 14.4 Å². The molecule has 8 nitrogen and oxygen atoms in total. The highest BCUT2D eigenvalue weighted by Gasteiger charge is 2.29. The van der Waals surface area contributed by atoms with Gasteiger partial charge in [0.2, 0.25) is 0 Å². The summed E-state index contributed by atoms with van der Waals surface area (Å²) in [6.45, 7) is 9.89. The lowest BCUT2D eigenvalue weighted by atomic mass is 9.89. The Morgan fingerprint density at radius 3 is 2.15 bits per heavy atom. The number of carbonyl (C=O) groups excluding carboxylic acids is 3. The fourth-order valence-corrected chi connectivity index (χ4v) is 3.39. The number of aryl methyl sites for hydroxylation is 1. The minimum Gasteiger partial charge on any atom is -0.462 e. The number of hydrogen-bond donors (Lipinski definition) is 1. The lowest BCUT2D eigenvalue weighted by Crippen LogP contribution is -2.22. The smallest absolute Gasteiger partial charge is 0.340 e. The Labute approximate surface area is 199 Å². The van der Waals surface area contributed by atoms with Gasteiger partial charge in [-0.15, -0.1) is 0 Å². The predicted molar refractivity (Wildman–Crippen MR) is 127 cm³/mol. The van der Waals surface area contributed by atoms with Crippen molar-refractivity contribution in [3.63, 3.8) is 0 Å². The van der Waals surface area contributed by atoms with E-state index in [2.05, 4.69) is 4.98 Å². The van der Waals surface area contributed by atoms with Crippen LogP contribution in [0.1, 0.15) is 72.3 Å². The number of ether oxygens (including phenoxy) is 3. The van der Waals surface area contributed by atoms with E-state index in [0.717, 1.165) is 0 Å². The number of aliphatic hydroxyl groups excluding tert-OH is 1. The van der Waals surface area contributed by atoms with Gasteiger partial charge >= 0.3 is 17.9 Å². The van der Waals surface area contributed by atoms with Crippen LogP contribution in [0.15, 0.2) is 30.3 Å². The van der Waals surface area contributed by atoms with Crippen LogP contribution in [0.25, 0.3) is 17.2 Å². The second-order valence-electron chi connectivity index (χ2n) is 8.32. The van der Waals surface area contributed by atoms with Gasteiger partial charge in [-0.05, 0) is 58.7 Å². The van der Waals surface area contributed by atoms with Crippen LogP contribution >= 0.6 is 0 Å². The van der Waals surface area contributed by atoms with Crippen molar-refractivity contribution in [2.24, 2.45) is 0 Å². The summed E-state index contributed by atoms with van der Waals surface area (Å²) < 4.78 is 15.8. The fraction of sp³-hybridized carbons (Fsp3) is 0.385. The molecule has 0 aliphatic carbocycles. The van der Waals surface area contributed by atoms with Crippen molar-refractivity contribution in [3.8, 4) is 11.1 Å². The molecule has 34 heavy (non-hydrogen) atoms. The molecule has 0 spiro atoms. The maximum Gasteiger partial charge on any atom is 0.340 e.